The third-order valence-corrected chi connectivity index (χ3v) is 4.66. The SMILES string of the molecule is CCC(C)N1CCC(O)(CN2CCCC2)CC1. The van der Waals surface area contributed by atoms with E-state index < -0.39 is 5.60 Å². The first-order chi connectivity index (χ1) is 8.13. The summed E-state index contributed by atoms with van der Waals surface area (Å²) < 4.78 is 0. The molecule has 0 radical (unpaired) electrons. The summed E-state index contributed by atoms with van der Waals surface area (Å²) in [6.07, 6.45) is 5.75. The maximum absolute atomic E-state index is 10.6. The van der Waals surface area contributed by atoms with Crippen molar-refractivity contribution in [3.8, 4) is 0 Å². The van der Waals surface area contributed by atoms with Gasteiger partial charge in [-0.05, 0) is 52.1 Å². The molecule has 0 amide bonds. The summed E-state index contributed by atoms with van der Waals surface area (Å²) in [5, 5.41) is 10.6. The lowest BCUT2D eigenvalue weighted by Crippen LogP contribution is -2.52. The first kappa shape index (κ1) is 13.3. The smallest absolute Gasteiger partial charge is 0.0798 e. The number of likely N-dealkylation sites (tertiary alicyclic amines) is 2. The van der Waals surface area contributed by atoms with E-state index in [-0.39, 0.29) is 0 Å². The molecule has 1 atom stereocenters. The van der Waals surface area contributed by atoms with Crippen LogP contribution in [0.3, 0.4) is 0 Å². The molecule has 2 aliphatic rings. The molecule has 2 heterocycles. The molecule has 0 aromatic carbocycles. The van der Waals surface area contributed by atoms with Crippen molar-refractivity contribution < 1.29 is 5.11 Å². The zero-order valence-corrected chi connectivity index (χ0v) is 11.5. The fraction of sp³-hybridized carbons (Fsp3) is 1.00. The van der Waals surface area contributed by atoms with Crippen LogP contribution >= 0.6 is 0 Å². The Balaban J connectivity index is 1.79. The van der Waals surface area contributed by atoms with E-state index in [0.29, 0.717) is 6.04 Å². The Morgan fingerprint density at radius 3 is 2.24 bits per heavy atom. The van der Waals surface area contributed by atoms with Gasteiger partial charge in [-0.1, -0.05) is 6.92 Å². The van der Waals surface area contributed by atoms with E-state index in [4.69, 9.17) is 0 Å². The van der Waals surface area contributed by atoms with Gasteiger partial charge in [0.15, 0.2) is 0 Å². The van der Waals surface area contributed by atoms with Gasteiger partial charge in [-0.2, -0.15) is 0 Å². The van der Waals surface area contributed by atoms with Gasteiger partial charge in [-0.3, -0.25) is 0 Å². The molecule has 0 spiro atoms. The lowest BCUT2D eigenvalue weighted by Gasteiger charge is -2.42. The Morgan fingerprint density at radius 1 is 1.12 bits per heavy atom. The predicted molar refractivity (Wildman–Crippen MR) is 71.2 cm³/mol. The normalized spacial score (nSPS) is 28.4. The molecule has 2 saturated heterocycles. The molecule has 1 unspecified atom stereocenters. The molecule has 0 bridgehead atoms. The van der Waals surface area contributed by atoms with E-state index in [2.05, 4.69) is 23.6 Å². The molecule has 0 aromatic heterocycles. The number of hydrogen-bond acceptors (Lipinski definition) is 3. The molecule has 2 fully saturated rings. The quantitative estimate of drug-likeness (QED) is 0.810. The van der Waals surface area contributed by atoms with Gasteiger partial charge < -0.3 is 14.9 Å². The molecular formula is C14H28N2O. The van der Waals surface area contributed by atoms with Gasteiger partial charge in [0.2, 0.25) is 0 Å². The van der Waals surface area contributed by atoms with Gasteiger partial charge in [-0.25, -0.2) is 0 Å². The molecule has 100 valence electrons. The summed E-state index contributed by atoms with van der Waals surface area (Å²) in [6, 6.07) is 0.673. The van der Waals surface area contributed by atoms with Crippen LogP contribution in [-0.2, 0) is 0 Å². The minimum absolute atomic E-state index is 0.408. The third kappa shape index (κ3) is 3.43. The van der Waals surface area contributed by atoms with Crippen molar-refractivity contribution in [1.82, 2.24) is 9.80 Å². The monoisotopic (exact) mass is 240 g/mol. The zero-order chi connectivity index (χ0) is 12.3. The van der Waals surface area contributed by atoms with E-state index in [1.807, 2.05) is 0 Å². The first-order valence-corrected chi connectivity index (χ1v) is 7.32. The van der Waals surface area contributed by atoms with Gasteiger partial charge in [0.25, 0.3) is 0 Å². The summed E-state index contributed by atoms with van der Waals surface area (Å²) in [6.45, 7) is 9.97. The van der Waals surface area contributed by atoms with E-state index in [1.54, 1.807) is 0 Å². The van der Waals surface area contributed by atoms with Crippen LogP contribution in [0.2, 0.25) is 0 Å². The third-order valence-electron chi connectivity index (χ3n) is 4.66. The van der Waals surface area contributed by atoms with Crippen LogP contribution in [0, 0.1) is 0 Å². The average Bonchev–Trinajstić information content (AvgIpc) is 2.81. The Morgan fingerprint density at radius 2 is 1.71 bits per heavy atom. The summed E-state index contributed by atoms with van der Waals surface area (Å²) in [4.78, 5) is 4.97. The van der Waals surface area contributed by atoms with Gasteiger partial charge >= 0.3 is 0 Å². The second kappa shape index (κ2) is 5.68. The standard InChI is InChI=1S/C14H28N2O/c1-3-13(2)16-10-6-14(17,7-11-16)12-15-8-4-5-9-15/h13,17H,3-12H2,1-2H3. The highest BCUT2D eigenvalue weighted by molar-refractivity contribution is 4.90. The zero-order valence-electron chi connectivity index (χ0n) is 11.5. The number of rotatable bonds is 4. The lowest BCUT2D eigenvalue weighted by atomic mass is 9.90. The Kier molecular flexibility index (Phi) is 4.45. The van der Waals surface area contributed by atoms with Crippen molar-refractivity contribution in [3.63, 3.8) is 0 Å². The minimum atomic E-state index is -0.408. The van der Waals surface area contributed by atoms with E-state index in [0.717, 1.165) is 32.5 Å². The van der Waals surface area contributed by atoms with E-state index >= 15 is 0 Å². The number of aliphatic hydroxyl groups is 1. The summed E-state index contributed by atoms with van der Waals surface area (Å²) >= 11 is 0. The maximum Gasteiger partial charge on any atom is 0.0798 e. The Labute approximate surface area is 106 Å². The molecule has 1 N–H and O–H groups in total. The van der Waals surface area contributed by atoms with Gasteiger partial charge in [0, 0.05) is 25.7 Å². The van der Waals surface area contributed by atoms with Crippen molar-refractivity contribution in [2.45, 2.75) is 57.6 Å². The van der Waals surface area contributed by atoms with Crippen LogP contribution in [0.1, 0.15) is 46.0 Å². The maximum atomic E-state index is 10.6. The van der Waals surface area contributed by atoms with Crippen LogP contribution in [0.15, 0.2) is 0 Å². The molecule has 17 heavy (non-hydrogen) atoms. The fourth-order valence-corrected chi connectivity index (χ4v) is 3.15. The molecule has 0 aromatic rings. The van der Waals surface area contributed by atoms with Crippen molar-refractivity contribution in [2.75, 3.05) is 32.7 Å². The first-order valence-electron chi connectivity index (χ1n) is 7.32. The highest BCUT2D eigenvalue weighted by atomic mass is 16.3. The highest BCUT2D eigenvalue weighted by Gasteiger charge is 2.35. The van der Waals surface area contributed by atoms with Crippen molar-refractivity contribution in [3.05, 3.63) is 0 Å². The van der Waals surface area contributed by atoms with E-state index in [9.17, 15) is 5.11 Å². The van der Waals surface area contributed by atoms with Crippen LogP contribution in [-0.4, -0.2) is 59.3 Å². The lowest BCUT2D eigenvalue weighted by molar-refractivity contribution is -0.0482. The molecular weight excluding hydrogens is 212 g/mol. The number of β-amino-alcohol motifs (C(OH)–C–C–N with tert-alkyl or cyclic N) is 1. The highest BCUT2D eigenvalue weighted by Crippen LogP contribution is 2.26. The van der Waals surface area contributed by atoms with E-state index in [1.165, 1.54) is 32.4 Å². The molecule has 3 heteroatoms. The van der Waals surface area contributed by atoms with Crippen molar-refractivity contribution in [2.24, 2.45) is 0 Å². The molecule has 2 aliphatic heterocycles. The van der Waals surface area contributed by atoms with Gasteiger partial charge in [0.05, 0.1) is 5.60 Å². The van der Waals surface area contributed by atoms with Crippen LogP contribution in [0.4, 0.5) is 0 Å². The van der Waals surface area contributed by atoms with Crippen molar-refractivity contribution in [1.29, 1.82) is 0 Å². The number of hydrogen-bond donors (Lipinski definition) is 1. The van der Waals surface area contributed by atoms with Crippen LogP contribution in [0.25, 0.3) is 0 Å². The average molecular weight is 240 g/mol. The van der Waals surface area contributed by atoms with Crippen LogP contribution < -0.4 is 0 Å². The summed E-state index contributed by atoms with van der Waals surface area (Å²) in [7, 11) is 0. The van der Waals surface area contributed by atoms with Gasteiger partial charge in [-0.15, -0.1) is 0 Å². The molecule has 2 rings (SSSR count). The fourth-order valence-electron chi connectivity index (χ4n) is 3.15. The minimum Gasteiger partial charge on any atom is -0.388 e. The Bertz CT molecular complexity index is 230. The van der Waals surface area contributed by atoms with Crippen molar-refractivity contribution >= 4 is 0 Å². The molecule has 0 saturated carbocycles. The predicted octanol–water partition coefficient (Wildman–Crippen LogP) is 1.71. The summed E-state index contributed by atoms with van der Waals surface area (Å²) in [5.41, 5.74) is -0.408. The second-order valence-electron chi connectivity index (χ2n) is 6.00. The second-order valence-corrected chi connectivity index (χ2v) is 6.00. The molecule has 0 aliphatic carbocycles. The Hall–Kier alpha value is -0.120. The van der Waals surface area contributed by atoms with Gasteiger partial charge in [0.1, 0.15) is 0 Å². The molecule has 3 nitrogen and oxygen atoms in total. The number of nitrogens with zero attached hydrogens (tertiary/aromatic N) is 2. The largest absolute Gasteiger partial charge is 0.388 e. The topological polar surface area (TPSA) is 26.7 Å². The number of piperidine rings is 1. The van der Waals surface area contributed by atoms with Crippen LogP contribution in [0.5, 0.6) is 0 Å². The summed E-state index contributed by atoms with van der Waals surface area (Å²) in [5.74, 6) is 0.